The highest BCUT2D eigenvalue weighted by molar-refractivity contribution is 7.80. The van der Waals surface area contributed by atoms with E-state index in [-0.39, 0.29) is 28.1 Å². The molecule has 1 aliphatic rings. The summed E-state index contributed by atoms with van der Waals surface area (Å²) in [5.41, 5.74) is 2.42. The van der Waals surface area contributed by atoms with E-state index in [0.717, 1.165) is 12.0 Å². The van der Waals surface area contributed by atoms with Crippen molar-refractivity contribution in [2.75, 3.05) is 16.8 Å². The Bertz CT molecular complexity index is 1410. The number of amides is 3. The van der Waals surface area contributed by atoms with Gasteiger partial charge in [0.05, 0.1) is 10.7 Å². The predicted molar refractivity (Wildman–Crippen MR) is 144 cm³/mol. The lowest BCUT2D eigenvalue weighted by molar-refractivity contribution is -0.122. The minimum atomic E-state index is -0.620. The summed E-state index contributed by atoms with van der Waals surface area (Å²) in [7, 11) is 0. The van der Waals surface area contributed by atoms with Crippen LogP contribution in [-0.4, -0.2) is 29.4 Å². The number of nitrogens with zero attached hydrogens (tertiary/aromatic N) is 1. The number of ether oxygens (including phenoxy) is 1. The lowest BCUT2D eigenvalue weighted by atomic mass is 10.1. The molecule has 37 heavy (non-hydrogen) atoms. The van der Waals surface area contributed by atoms with Crippen molar-refractivity contribution in [1.82, 2.24) is 5.32 Å². The Labute approximate surface area is 222 Å². The molecule has 0 aliphatic carbocycles. The third-order valence-electron chi connectivity index (χ3n) is 5.46. The minimum absolute atomic E-state index is 0.00269. The van der Waals surface area contributed by atoms with Crippen molar-refractivity contribution in [3.05, 3.63) is 94.3 Å². The molecule has 3 amide bonds. The van der Waals surface area contributed by atoms with Gasteiger partial charge in [-0.25, -0.2) is 4.39 Å². The smallest absolute Gasteiger partial charge is 0.270 e. The SMILES string of the molecule is CCc1ccc(N2C(=O)/C(=C/c3ccc(OCC(=O)Nc4ccc(F)cc4)c(Cl)c3)C(=O)NC2=S)cc1. The van der Waals surface area contributed by atoms with E-state index in [4.69, 9.17) is 28.6 Å². The fraction of sp³-hybridized carbons (Fsp3) is 0.111. The number of carbonyl (C=O) groups is 3. The number of aryl methyl sites for hydroxylation is 1. The summed E-state index contributed by atoms with van der Waals surface area (Å²) in [5, 5.41) is 5.30. The molecule has 2 N–H and O–H groups in total. The van der Waals surface area contributed by atoms with Gasteiger partial charge in [-0.15, -0.1) is 0 Å². The van der Waals surface area contributed by atoms with Crippen LogP contribution in [0, 0.1) is 5.82 Å². The molecule has 188 valence electrons. The van der Waals surface area contributed by atoms with Crippen molar-refractivity contribution in [2.24, 2.45) is 0 Å². The maximum absolute atomic E-state index is 13.2. The van der Waals surface area contributed by atoms with E-state index >= 15 is 0 Å². The number of halogens is 2. The first-order chi connectivity index (χ1) is 17.7. The molecular formula is C27H21ClFN3O4S. The van der Waals surface area contributed by atoms with E-state index in [1.54, 1.807) is 18.2 Å². The zero-order chi connectivity index (χ0) is 26.5. The van der Waals surface area contributed by atoms with Gasteiger partial charge in [-0.3, -0.25) is 24.6 Å². The zero-order valence-electron chi connectivity index (χ0n) is 19.6. The fourth-order valence-corrected chi connectivity index (χ4v) is 4.06. The van der Waals surface area contributed by atoms with E-state index < -0.39 is 23.5 Å². The van der Waals surface area contributed by atoms with Crippen molar-refractivity contribution in [3.8, 4) is 5.75 Å². The van der Waals surface area contributed by atoms with Crippen LogP contribution < -0.4 is 20.3 Å². The van der Waals surface area contributed by atoms with Gasteiger partial charge in [-0.2, -0.15) is 0 Å². The standard InChI is InChI=1S/C27H21ClFN3O4S/c1-2-16-3-10-20(11-4-16)32-26(35)21(25(34)31-27(32)37)13-17-5-12-23(22(28)14-17)36-15-24(33)30-19-8-6-18(29)7-9-19/h3-14H,2,15H2,1H3,(H,30,33)(H,31,34,37)/b21-13+. The summed E-state index contributed by atoms with van der Waals surface area (Å²) in [6, 6.07) is 17.3. The number of rotatable bonds is 7. The summed E-state index contributed by atoms with van der Waals surface area (Å²) >= 11 is 11.5. The van der Waals surface area contributed by atoms with Crippen molar-refractivity contribution < 1.29 is 23.5 Å². The lowest BCUT2D eigenvalue weighted by Crippen LogP contribution is -2.54. The Morgan fingerprint density at radius 2 is 1.81 bits per heavy atom. The second-order valence-corrected chi connectivity index (χ2v) is 8.81. The molecule has 1 fully saturated rings. The lowest BCUT2D eigenvalue weighted by Gasteiger charge is -2.29. The molecule has 0 atom stereocenters. The molecule has 4 rings (SSSR count). The second-order valence-electron chi connectivity index (χ2n) is 8.01. The van der Waals surface area contributed by atoms with Crippen molar-refractivity contribution in [2.45, 2.75) is 13.3 Å². The molecule has 0 aromatic heterocycles. The Hall–Kier alpha value is -4.08. The molecule has 3 aromatic carbocycles. The topological polar surface area (TPSA) is 87.7 Å². The molecule has 7 nitrogen and oxygen atoms in total. The van der Waals surface area contributed by atoms with Crippen LogP contribution in [0.4, 0.5) is 15.8 Å². The van der Waals surface area contributed by atoms with E-state index in [0.29, 0.717) is 16.9 Å². The maximum atomic E-state index is 13.2. The van der Waals surface area contributed by atoms with Gasteiger partial charge in [0.25, 0.3) is 17.7 Å². The van der Waals surface area contributed by atoms with E-state index in [1.165, 1.54) is 47.4 Å². The van der Waals surface area contributed by atoms with Crippen molar-refractivity contribution in [3.63, 3.8) is 0 Å². The Morgan fingerprint density at radius 1 is 1.11 bits per heavy atom. The molecule has 1 saturated heterocycles. The molecule has 1 heterocycles. The molecule has 1 aliphatic heterocycles. The van der Waals surface area contributed by atoms with Crippen LogP contribution in [0.5, 0.6) is 5.75 Å². The van der Waals surface area contributed by atoms with Crippen LogP contribution in [0.15, 0.2) is 72.3 Å². The number of nitrogens with one attached hydrogen (secondary N) is 2. The van der Waals surface area contributed by atoms with E-state index in [9.17, 15) is 18.8 Å². The molecule has 3 aromatic rings. The molecule has 10 heteroatoms. The third kappa shape index (κ3) is 6.19. The van der Waals surface area contributed by atoms with Gasteiger partial charge in [0.2, 0.25) is 0 Å². The van der Waals surface area contributed by atoms with E-state index in [2.05, 4.69) is 10.6 Å². The van der Waals surface area contributed by atoms with Crippen LogP contribution in [0.25, 0.3) is 6.08 Å². The number of carbonyl (C=O) groups excluding carboxylic acids is 3. The quantitative estimate of drug-likeness (QED) is 0.254. The van der Waals surface area contributed by atoms with Gasteiger partial charge in [-0.1, -0.05) is 36.7 Å². The van der Waals surface area contributed by atoms with Gasteiger partial charge >= 0.3 is 0 Å². The number of anilines is 2. The van der Waals surface area contributed by atoms with Gasteiger partial charge in [0, 0.05) is 5.69 Å². The second kappa shape index (κ2) is 11.3. The van der Waals surface area contributed by atoms with Gasteiger partial charge in [0.15, 0.2) is 11.7 Å². The summed E-state index contributed by atoms with van der Waals surface area (Å²) < 4.78 is 18.5. The van der Waals surface area contributed by atoms with Crippen LogP contribution in [0.3, 0.4) is 0 Å². The third-order valence-corrected chi connectivity index (χ3v) is 6.04. The van der Waals surface area contributed by atoms with E-state index in [1.807, 2.05) is 19.1 Å². The average molecular weight is 538 g/mol. The largest absolute Gasteiger partial charge is 0.482 e. The first kappa shape index (κ1) is 26.0. The first-order valence-corrected chi connectivity index (χ1v) is 12.0. The molecule has 0 radical (unpaired) electrons. The fourth-order valence-electron chi connectivity index (χ4n) is 3.54. The number of benzene rings is 3. The number of hydrogen-bond donors (Lipinski definition) is 2. The molecule has 0 unspecified atom stereocenters. The van der Waals surface area contributed by atoms with Gasteiger partial charge in [-0.05, 0) is 84.4 Å². The maximum Gasteiger partial charge on any atom is 0.270 e. The van der Waals surface area contributed by atoms with Crippen LogP contribution >= 0.6 is 23.8 Å². The highest BCUT2D eigenvalue weighted by Crippen LogP contribution is 2.28. The Morgan fingerprint density at radius 3 is 2.46 bits per heavy atom. The Balaban J connectivity index is 1.47. The van der Waals surface area contributed by atoms with Gasteiger partial charge < -0.3 is 10.1 Å². The average Bonchev–Trinajstić information content (AvgIpc) is 2.87. The van der Waals surface area contributed by atoms with Crippen LogP contribution in [-0.2, 0) is 20.8 Å². The first-order valence-electron chi connectivity index (χ1n) is 11.2. The summed E-state index contributed by atoms with van der Waals surface area (Å²) in [6.07, 6.45) is 2.25. The normalized spacial score (nSPS) is 14.5. The van der Waals surface area contributed by atoms with Gasteiger partial charge in [0.1, 0.15) is 17.1 Å². The highest BCUT2D eigenvalue weighted by Gasteiger charge is 2.34. The molecular weight excluding hydrogens is 517 g/mol. The predicted octanol–water partition coefficient (Wildman–Crippen LogP) is 4.89. The summed E-state index contributed by atoms with van der Waals surface area (Å²) in [5.74, 6) is -1.82. The Kier molecular flexibility index (Phi) is 7.95. The minimum Gasteiger partial charge on any atom is -0.482 e. The van der Waals surface area contributed by atoms with Crippen molar-refractivity contribution >= 4 is 64.1 Å². The zero-order valence-corrected chi connectivity index (χ0v) is 21.2. The summed E-state index contributed by atoms with van der Waals surface area (Å²) in [6.45, 7) is 1.69. The molecule has 0 saturated carbocycles. The highest BCUT2D eigenvalue weighted by atomic mass is 35.5. The number of thiocarbonyl (C=S) groups is 1. The monoisotopic (exact) mass is 537 g/mol. The molecule has 0 bridgehead atoms. The molecule has 0 spiro atoms. The summed E-state index contributed by atoms with van der Waals surface area (Å²) in [4.78, 5) is 39.1. The van der Waals surface area contributed by atoms with Crippen LogP contribution in [0.2, 0.25) is 5.02 Å². The van der Waals surface area contributed by atoms with Crippen LogP contribution in [0.1, 0.15) is 18.1 Å². The van der Waals surface area contributed by atoms with Crippen molar-refractivity contribution in [1.29, 1.82) is 0 Å². The number of hydrogen-bond acceptors (Lipinski definition) is 5.